The molecule has 1 aromatic carbocycles. The second kappa shape index (κ2) is 2.54. The molecule has 5 nitrogen and oxygen atoms in total. The number of nitrogens with zero attached hydrogens (tertiary/aromatic N) is 1. The molecule has 0 aliphatic carbocycles. The van der Waals surface area contributed by atoms with Crippen molar-refractivity contribution < 1.29 is 8.42 Å². The molecule has 0 saturated heterocycles. The number of H-pyrrole nitrogens is 1. The van der Waals surface area contributed by atoms with Crippen molar-refractivity contribution in [1.82, 2.24) is 9.97 Å². The SMILES string of the molecule is NS(=O)(=O)c1ccc2[nH][c]nc2c1. The highest BCUT2D eigenvalue weighted by molar-refractivity contribution is 7.89. The van der Waals surface area contributed by atoms with E-state index in [0.29, 0.717) is 5.52 Å². The normalized spacial score (nSPS) is 12.1. The van der Waals surface area contributed by atoms with Crippen LogP contribution in [0.4, 0.5) is 0 Å². The van der Waals surface area contributed by atoms with Crippen molar-refractivity contribution >= 4 is 21.1 Å². The van der Waals surface area contributed by atoms with Crippen LogP contribution in [0.15, 0.2) is 23.1 Å². The van der Waals surface area contributed by atoms with Gasteiger partial charge in [-0.15, -0.1) is 0 Å². The smallest absolute Gasteiger partial charge is 0.238 e. The lowest BCUT2D eigenvalue weighted by molar-refractivity contribution is 0.598. The second-order valence-corrected chi connectivity index (χ2v) is 4.13. The first-order valence-electron chi connectivity index (χ1n) is 3.46. The summed E-state index contributed by atoms with van der Waals surface area (Å²) in [5.41, 5.74) is 1.26. The summed E-state index contributed by atoms with van der Waals surface area (Å²) in [7, 11) is -3.64. The van der Waals surface area contributed by atoms with Gasteiger partial charge in [-0.25, -0.2) is 18.5 Å². The summed E-state index contributed by atoms with van der Waals surface area (Å²) in [6, 6.07) is 4.42. The van der Waals surface area contributed by atoms with Crippen molar-refractivity contribution in [3.05, 3.63) is 24.5 Å². The van der Waals surface area contributed by atoms with Crippen molar-refractivity contribution in [1.29, 1.82) is 0 Å². The maximum Gasteiger partial charge on any atom is 0.238 e. The molecule has 67 valence electrons. The molecular formula is C7H6N3O2S. The van der Waals surface area contributed by atoms with E-state index in [1.165, 1.54) is 12.1 Å². The zero-order valence-corrected chi connectivity index (χ0v) is 7.30. The van der Waals surface area contributed by atoms with Crippen LogP contribution < -0.4 is 5.14 Å². The van der Waals surface area contributed by atoms with E-state index in [4.69, 9.17) is 5.14 Å². The number of imidazole rings is 1. The number of sulfonamides is 1. The highest BCUT2D eigenvalue weighted by atomic mass is 32.2. The van der Waals surface area contributed by atoms with Gasteiger partial charge in [-0.1, -0.05) is 0 Å². The molecule has 1 heterocycles. The highest BCUT2D eigenvalue weighted by Gasteiger charge is 2.08. The van der Waals surface area contributed by atoms with E-state index in [1.54, 1.807) is 6.07 Å². The molecule has 0 fully saturated rings. The van der Waals surface area contributed by atoms with Crippen LogP contribution in [0.5, 0.6) is 0 Å². The third-order valence-electron chi connectivity index (χ3n) is 1.66. The predicted octanol–water partition coefficient (Wildman–Crippen LogP) is 0.0105. The lowest BCUT2D eigenvalue weighted by atomic mass is 10.3. The van der Waals surface area contributed by atoms with Gasteiger partial charge in [0.25, 0.3) is 0 Å². The van der Waals surface area contributed by atoms with Gasteiger partial charge in [0.1, 0.15) is 0 Å². The van der Waals surface area contributed by atoms with Crippen LogP contribution in [0.25, 0.3) is 11.0 Å². The topological polar surface area (TPSA) is 88.8 Å². The first-order valence-corrected chi connectivity index (χ1v) is 5.00. The molecule has 0 saturated carbocycles. The van der Waals surface area contributed by atoms with E-state index in [9.17, 15) is 8.42 Å². The molecule has 1 aromatic heterocycles. The highest BCUT2D eigenvalue weighted by Crippen LogP contribution is 2.13. The Kier molecular flexibility index (Phi) is 1.61. The molecule has 0 amide bonds. The molecule has 2 rings (SSSR count). The van der Waals surface area contributed by atoms with Crippen LogP contribution in [0.3, 0.4) is 0 Å². The van der Waals surface area contributed by atoms with E-state index in [2.05, 4.69) is 16.3 Å². The molecular weight excluding hydrogens is 190 g/mol. The van der Waals surface area contributed by atoms with Crippen LogP contribution in [0.2, 0.25) is 0 Å². The Bertz CT molecular complexity index is 544. The summed E-state index contributed by atoms with van der Waals surface area (Å²) in [5, 5.41) is 4.94. The van der Waals surface area contributed by atoms with Crippen LogP contribution >= 0.6 is 0 Å². The van der Waals surface area contributed by atoms with E-state index < -0.39 is 10.0 Å². The summed E-state index contributed by atoms with van der Waals surface area (Å²) >= 11 is 0. The van der Waals surface area contributed by atoms with Crippen LogP contribution in [0, 0.1) is 6.33 Å². The third kappa shape index (κ3) is 1.41. The Morgan fingerprint density at radius 2 is 2.23 bits per heavy atom. The molecule has 0 aliphatic heterocycles. The summed E-state index contributed by atoms with van der Waals surface area (Å²) < 4.78 is 21.9. The number of aromatic nitrogens is 2. The summed E-state index contributed by atoms with van der Waals surface area (Å²) in [5.74, 6) is 0. The van der Waals surface area contributed by atoms with Gasteiger partial charge in [-0.3, -0.25) is 0 Å². The fourth-order valence-electron chi connectivity index (χ4n) is 1.04. The molecule has 2 aromatic rings. The van der Waals surface area contributed by atoms with Gasteiger partial charge in [0.15, 0.2) is 6.33 Å². The minimum atomic E-state index is -3.64. The Balaban J connectivity index is 2.75. The average Bonchev–Trinajstić information content (AvgIpc) is 2.47. The van der Waals surface area contributed by atoms with Gasteiger partial charge in [0.2, 0.25) is 10.0 Å². The first kappa shape index (κ1) is 8.21. The number of hydrogen-bond acceptors (Lipinski definition) is 3. The largest absolute Gasteiger partial charge is 0.335 e. The third-order valence-corrected chi connectivity index (χ3v) is 2.58. The summed E-state index contributed by atoms with van der Waals surface area (Å²) in [6.45, 7) is 0. The van der Waals surface area contributed by atoms with Gasteiger partial charge in [-0.05, 0) is 18.2 Å². The number of fused-ring (bicyclic) bond motifs is 1. The molecule has 0 bridgehead atoms. The summed E-state index contributed by atoms with van der Waals surface area (Å²) in [6.07, 6.45) is 2.51. The minimum Gasteiger partial charge on any atom is -0.335 e. The number of primary sulfonamides is 1. The fourth-order valence-corrected chi connectivity index (χ4v) is 1.57. The van der Waals surface area contributed by atoms with E-state index in [1.807, 2.05) is 0 Å². The van der Waals surface area contributed by atoms with Crippen molar-refractivity contribution in [2.75, 3.05) is 0 Å². The van der Waals surface area contributed by atoms with E-state index in [0.717, 1.165) is 5.52 Å². The Labute approximate surface area is 74.6 Å². The molecule has 0 unspecified atom stereocenters. The van der Waals surface area contributed by atoms with Gasteiger partial charge in [0, 0.05) is 0 Å². The van der Waals surface area contributed by atoms with Crippen molar-refractivity contribution in [3.8, 4) is 0 Å². The molecule has 0 spiro atoms. The monoisotopic (exact) mass is 196 g/mol. The molecule has 3 N–H and O–H groups in total. The molecule has 0 aliphatic rings. The molecule has 6 heteroatoms. The lowest BCUT2D eigenvalue weighted by Crippen LogP contribution is -2.11. The van der Waals surface area contributed by atoms with Crippen molar-refractivity contribution in [3.63, 3.8) is 0 Å². The van der Waals surface area contributed by atoms with Gasteiger partial charge in [-0.2, -0.15) is 0 Å². The summed E-state index contributed by atoms with van der Waals surface area (Å²) in [4.78, 5) is 6.57. The minimum absolute atomic E-state index is 0.0560. The standard InChI is InChI=1S/C7H6N3O2S/c8-13(11,12)5-1-2-6-7(3-5)10-4-9-6/h1-3H,(H,9,10)(H2,8,11,12). The number of nitrogens with one attached hydrogen (secondary N) is 1. The van der Waals surface area contributed by atoms with Gasteiger partial charge >= 0.3 is 0 Å². The average molecular weight is 196 g/mol. The van der Waals surface area contributed by atoms with E-state index >= 15 is 0 Å². The van der Waals surface area contributed by atoms with Crippen LogP contribution in [0.1, 0.15) is 0 Å². The number of hydrogen-bond donors (Lipinski definition) is 2. The quantitative estimate of drug-likeness (QED) is 0.673. The number of aromatic amines is 1. The van der Waals surface area contributed by atoms with Crippen LogP contribution in [-0.4, -0.2) is 18.4 Å². The zero-order valence-electron chi connectivity index (χ0n) is 6.48. The number of nitrogens with two attached hydrogens (primary N) is 1. The fraction of sp³-hybridized carbons (Fsp3) is 0. The maximum absolute atomic E-state index is 10.9. The second-order valence-electron chi connectivity index (χ2n) is 2.57. The number of rotatable bonds is 1. The Hall–Kier alpha value is -1.40. The van der Waals surface area contributed by atoms with Crippen molar-refractivity contribution in [2.24, 2.45) is 5.14 Å². The zero-order chi connectivity index (χ0) is 9.47. The lowest BCUT2D eigenvalue weighted by Gasteiger charge is -1.96. The van der Waals surface area contributed by atoms with Gasteiger partial charge in [0.05, 0.1) is 15.9 Å². The first-order chi connectivity index (χ1) is 6.07. The predicted molar refractivity (Wildman–Crippen MR) is 46.3 cm³/mol. The van der Waals surface area contributed by atoms with E-state index in [-0.39, 0.29) is 4.90 Å². The Morgan fingerprint density at radius 1 is 1.46 bits per heavy atom. The number of benzene rings is 1. The maximum atomic E-state index is 10.9. The molecule has 0 atom stereocenters. The molecule has 13 heavy (non-hydrogen) atoms. The van der Waals surface area contributed by atoms with Crippen LogP contribution in [-0.2, 0) is 10.0 Å². The molecule has 1 radical (unpaired) electrons. The van der Waals surface area contributed by atoms with Crippen molar-refractivity contribution in [2.45, 2.75) is 4.90 Å². The van der Waals surface area contributed by atoms with Gasteiger partial charge < -0.3 is 4.98 Å². The Morgan fingerprint density at radius 3 is 2.92 bits per heavy atom.